The number of alkyl halides is 3. The average molecular weight is 207 g/mol. The topological polar surface area (TPSA) is 50.4 Å². The van der Waals surface area contributed by atoms with Crippen LogP contribution in [0.4, 0.5) is 13.2 Å². The van der Waals surface area contributed by atoms with Gasteiger partial charge >= 0.3 is 6.18 Å². The Kier molecular flexibility index (Phi) is 1.90. The Morgan fingerprint density at radius 1 is 1.36 bits per heavy atom. The van der Waals surface area contributed by atoms with Crippen LogP contribution in [0.3, 0.4) is 0 Å². The van der Waals surface area contributed by atoms with Crippen molar-refractivity contribution in [3.8, 4) is 0 Å². The molecule has 0 aromatic rings. The van der Waals surface area contributed by atoms with E-state index in [1.165, 1.54) is 0 Å². The number of nitrogens with one attached hydrogen (secondary N) is 1. The van der Waals surface area contributed by atoms with Gasteiger partial charge in [0, 0.05) is 0 Å². The zero-order valence-electron chi connectivity index (χ0n) is 7.56. The van der Waals surface area contributed by atoms with Crippen molar-refractivity contribution in [3.05, 3.63) is 0 Å². The Balaban J connectivity index is 1.96. The Bertz CT molecular complexity index is 263. The van der Waals surface area contributed by atoms with Crippen molar-refractivity contribution in [2.75, 3.05) is 0 Å². The summed E-state index contributed by atoms with van der Waals surface area (Å²) in [4.78, 5) is 3.91. The molecule has 3 N–H and O–H groups in total. The quantitative estimate of drug-likeness (QED) is 0.527. The zero-order valence-corrected chi connectivity index (χ0v) is 7.56. The zero-order chi connectivity index (χ0) is 10.4. The minimum Gasteiger partial charge on any atom is -0.370 e. The van der Waals surface area contributed by atoms with Gasteiger partial charge in [-0.2, -0.15) is 13.2 Å². The first-order valence-corrected chi connectivity index (χ1v) is 4.61. The van der Waals surface area contributed by atoms with E-state index in [1.54, 1.807) is 0 Å². The minimum atomic E-state index is -4.23. The highest BCUT2D eigenvalue weighted by Gasteiger charge is 2.63. The van der Waals surface area contributed by atoms with Gasteiger partial charge < -0.3 is 11.1 Å². The maximum Gasteiger partial charge on any atom is 0.411 e. The molecule has 6 heteroatoms. The Morgan fingerprint density at radius 2 is 1.93 bits per heavy atom. The third-order valence-corrected chi connectivity index (χ3v) is 2.53. The summed E-state index contributed by atoms with van der Waals surface area (Å²) in [5.74, 6) is -0.0673. The second-order valence-electron chi connectivity index (χ2n) is 3.95. The molecule has 14 heavy (non-hydrogen) atoms. The number of aliphatic imine (C=N–C) groups is 1. The van der Waals surface area contributed by atoms with Crippen LogP contribution < -0.4 is 11.1 Å². The van der Waals surface area contributed by atoms with Crippen LogP contribution in [0.25, 0.3) is 0 Å². The predicted molar refractivity (Wildman–Crippen MR) is 45.8 cm³/mol. The van der Waals surface area contributed by atoms with E-state index in [0.717, 1.165) is 12.8 Å². The highest BCUT2D eigenvalue weighted by Crippen LogP contribution is 2.48. The Morgan fingerprint density at radius 3 is 2.29 bits per heavy atom. The van der Waals surface area contributed by atoms with Crippen LogP contribution in [0.5, 0.6) is 0 Å². The molecule has 80 valence electrons. The van der Waals surface area contributed by atoms with Crippen LogP contribution in [0, 0.1) is 0 Å². The van der Waals surface area contributed by atoms with Gasteiger partial charge in [-0.1, -0.05) is 0 Å². The fourth-order valence-corrected chi connectivity index (χ4v) is 1.28. The van der Waals surface area contributed by atoms with Gasteiger partial charge in [0.05, 0.1) is 6.04 Å². The monoisotopic (exact) mass is 207 g/mol. The summed E-state index contributed by atoms with van der Waals surface area (Å²) in [6.07, 6.45) is -2.17. The molecular weight excluding hydrogens is 195 g/mol. The summed E-state index contributed by atoms with van der Waals surface area (Å²) in [6.45, 7) is 0. The lowest BCUT2D eigenvalue weighted by Gasteiger charge is -2.21. The molecule has 0 aromatic heterocycles. The molecule has 0 amide bonds. The molecule has 0 unspecified atom stereocenters. The fourth-order valence-electron chi connectivity index (χ4n) is 1.28. The van der Waals surface area contributed by atoms with E-state index in [0.29, 0.717) is 0 Å². The molecule has 0 bridgehead atoms. The summed E-state index contributed by atoms with van der Waals surface area (Å²) < 4.78 is 37.3. The molecule has 0 saturated heterocycles. The molecule has 2 saturated carbocycles. The summed E-state index contributed by atoms with van der Waals surface area (Å²) in [6, 6.07) is 0.145. The lowest BCUT2D eigenvalue weighted by Crippen LogP contribution is -2.50. The molecule has 2 fully saturated rings. The minimum absolute atomic E-state index is 0.0673. The van der Waals surface area contributed by atoms with Gasteiger partial charge in [0.25, 0.3) is 0 Å². The molecular formula is C8H12F3N3. The van der Waals surface area contributed by atoms with Gasteiger partial charge in [-0.3, -0.25) is 4.99 Å². The molecule has 3 nitrogen and oxygen atoms in total. The van der Waals surface area contributed by atoms with Gasteiger partial charge in [0.15, 0.2) is 5.96 Å². The number of guanidine groups is 1. The maximum absolute atomic E-state index is 12.4. The van der Waals surface area contributed by atoms with Crippen molar-refractivity contribution >= 4 is 5.96 Å². The van der Waals surface area contributed by atoms with Crippen molar-refractivity contribution in [2.45, 2.75) is 43.4 Å². The number of nitrogens with zero attached hydrogens (tertiary/aromatic N) is 1. The van der Waals surface area contributed by atoms with Gasteiger partial charge in [-0.25, -0.2) is 0 Å². The van der Waals surface area contributed by atoms with Gasteiger partial charge in [0.1, 0.15) is 5.54 Å². The van der Waals surface area contributed by atoms with Crippen LogP contribution in [-0.2, 0) is 0 Å². The molecule has 0 aliphatic heterocycles. The summed E-state index contributed by atoms with van der Waals surface area (Å²) >= 11 is 0. The predicted octanol–water partition coefficient (Wildman–Crippen LogP) is 1.15. The molecule has 2 aliphatic carbocycles. The van der Waals surface area contributed by atoms with Crippen molar-refractivity contribution < 1.29 is 13.2 Å². The number of hydrogen-bond donors (Lipinski definition) is 2. The fraction of sp³-hybridized carbons (Fsp3) is 0.875. The number of hydrogen-bond acceptors (Lipinski definition) is 1. The standard InChI is InChI=1S/C8H12F3N3/c9-8(10,11)7(3-4-7)14-6(12)13-5-1-2-5/h5H,1-4H2,(H3,12,13,14). The van der Waals surface area contributed by atoms with E-state index in [-0.39, 0.29) is 24.8 Å². The highest BCUT2D eigenvalue weighted by molar-refractivity contribution is 5.79. The third-order valence-electron chi connectivity index (χ3n) is 2.53. The molecule has 0 heterocycles. The third kappa shape index (κ3) is 1.78. The van der Waals surface area contributed by atoms with Gasteiger partial charge in [-0.15, -0.1) is 0 Å². The van der Waals surface area contributed by atoms with Crippen LogP contribution in [-0.4, -0.2) is 23.7 Å². The molecule has 2 rings (SSSR count). The number of halogens is 3. The van der Waals surface area contributed by atoms with E-state index in [1.807, 2.05) is 0 Å². The molecule has 0 spiro atoms. The first-order chi connectivity index (χ1) is 6.43. The van der Waals surface area contributed by atoms with E-state index < -0.39 is 11.7 Å². The van der Waals surface area contributed by atoms with Crippen LogP contribution in [0.1, 0.15) is 25.7 Å². The molecule has 0 aromatic carbocycles. The first-order valence-electron chi connectivity index (χ1n) is 4.61. The Labute approximate surface area is 79.6 Å². The molecule has 2 aliphatic rings. The normalized spacial score (nSPS) is 26.1. The van der Waals surface area contributed by atoms with Crippen LogP contribution in [0.15, 0.2) is 4.99 Å². The lowest BCUT2D eigenvalue weighted by molar-refractivity contribution is -0.161. The largest absolute Gasteiger partial charge is 0.411 e. The van der Waals surface area contributed by atoms with Crippen LogP contribution in [0.2, 0.25) is 0 Å². The van der Waals surface area contributed by atoms with Crippen molar-refractivity contribution in [1.29, 1.82) is 0 Å². The highest BCUT2D eigenvalue weighted by atomic mass is 19.4. The van der Waals surface area contributed by atoms with Crippen molar-refractivity contribution in [3.63, 3.8) is 0 Å². The molecule has 0 radical (unpaired) electrons. The lowest BCUT2D eigenvalue weighted by atomic mass is 10.2. The van der Waals surface area contributed by atoms with Gasteiger partial charge in [-0.05, 0) is 25.7 Å². The van der Waals surface area contributed by atoms with E-state index in [9.17, 15) is 13.2 Å². The maximum atomic E-state index is 12.4. The summed E-state index contributed by atoms with van der Waals surface area (Å²) in [7, 11) is 0. The second kappa shape index (κ2) is 2.77. The summed E-state index contributed by atoms with van der Waals surface area (Å²) in [5.41, 5.74) is 3.59. The van der Waals surface area contributed by atoms with E-state index in [2.05, 4.69) is 10.3 Å². The number of rotatable bonds is 2. The van der Waals surface area contributed by atoms with Gasteiger partial charge in [0.2, 0.25) is 0 Å². The Hall–Kier alpha value is -0.940. The smallest absolute Gasteiger partial charge is 0.370 e. The summed E-state index contributed by atoms with van der Waals surface area (Å²) in [5, 5.41) is 2.28. The van der Waals surface area contributed by atoms with Crippen molar-refractivity contribution in [1.82, 2.24) is 5.32 Å². The number of nitrogens with two attached hydrogens (primary N) is 1. The van der Waals surface area contributed by atoms with Crippen LogP contribution >= 0.6 is 0 Å². The van der Waals surface area contributed by atoms with E-state index in [4.69, 9.17) is 5.73 Å². The first kappa shape index (κ1) is 9.61. The van der Waals surface area contributed by atoms with Crippen molar-refractivity contribution in [2.24, 2.45) is 10.7 Å². The molecule has 0 atom stereocenters. The van der Waals surface area contributed by atoms with E-state index >= 15 is 0 Å². The average Bonchev–Trinajstić information content (AvgIpc) is 2.80. The SMILES string of the molecule is NC(=NC1CC1)NC1(C(F)(F)F)CC1. The second-order valence-corrected chi connectivity index (χ2v) is 3.95.